The molecule has 0 saturated heterocycles. The number of aryl methyl sites for hydroxylation is 1. The monoisotopic (exact) mass is 303 g/mol. The van der Waals surface area contributed by atoms with Gasteiger partial charge >= 0.3 is 0 Å². The van der Waals surface area contributed by atoms with Crippen molar-refractivity contribution in [3.63, 3.8) is 0 Å². The summed E-state index contributed by atoms with van der Waals surface area (Å²) in [6.45, 7) is 0.761. The van der Waals surface area contributed by atoms with Crippen molar-refractivity contribution in [1.82, 2.24) is 29.3 Å². The Morgan fingerprint density at radius 1 is 1.35 bits per heavy atom. The Bertz CT molecular complexity index is 1080. The van der Waals surface area contributed by atoms with E-state index in [0.717, 1.165) is 47.1 Å². The maximum atomic E-state index is 9.02. The minimum absolute atomic E-state index is 0.277. The molecule has 1 aliphatic rings. The fraction of sp³-hybridized carbons (Fsp3) is 0.250. The zero-order valence-electron chi connectivity index (χ0n) is 12.3. The maximum absolute atomic E-state index is 9.02. The summed E-state index contributed by atoms with van der Waals surface area (Å²) in [5.41, 5.74) is 4.52. The summed E-state index contributed by atoms with van der Waals surface area (Å²) in [5.74, 6) is 0. The zero-order chi connectivity index (χ0) is 15.4. The number of aromatic nitrogens is 6. The number of imidazole rings is 1. The minimum atomic E-state index is 0.277. The summed E-state index contributed by atoms with van der Waals surface area (Å²) < 4.78 is 4.18. The van der Waals surface area contributed by atoms with Crippen molar-refractivity contribution < 1.29 is 0 Å². The molecule has 0 aliphatic carbocycles. The molecule has 0 aromatic carbocycles. The first-order chi connectivity index (χ1) is 11.3. The van der Waals surface area contributed by atoms with E-state index in [1.165, 1.54) is 0 Å². The van der Waals surface area contributed by atoms with Crippen LogP contribution in [0, 0.1) is 11.3 Å². The number of nitriles is 1. The van der Waals surface area contributed by atoms with E-state index in [1.807, 2.05) is 29.3 Å². The molecule has 112 valence electrons. The standard InChI is InChI=1S/C16H13N7/c17-6-10-5-11-1-2-12(8-23(11)21-10)22-9-20-14-7-19-16-13(15(14)22)3-4-18-16/h3-5,7,9,12H,1-2,8H2,(H,18,19)/t12-/m1/s1. The van der Waals surface area contributed by atoms with Gasteiger partial charge in [-0.15, -0.1) is 0 Å². The second-order valence-electron chi connectivity index (χ2n) is 5.89. The van der Waals surface area contributed by atoms with E-state index in [0.29, 0.717) is 5.69 Å². The molecule has 4 aromatic rings. The fourth-order valence-corrected chi connectivity index (χ4v) is 3.51. The normalized spacial score (nSPS) is 17.4. The van der Waals surface area contributed by atoms with Crippen LogP contribution < -0.4 is 0 Å². The van der Waals surface area contributed by atoms with Gasteiger partial charge in [0.1, 0.15) is 17.2 Å². The van der Waals surface area contributed by atoms with Crippen LogP contribution in [0.25, 0.3) is 22.1 Å². The smallest absolute Gasteiger partial charge is 0.162 e. The fourth-order valence-electron chi connectivity index (χ4n) is 3.51. The molecule has 1 N–H and O–H groups in total. The minimum Gasteiger partial charge on any atom is -0.346 e. The molecule has 7 heteroatoms. The number of pyridine rings is 1. The van der Waals surface area contributed by atoms with Crippen LogP contribution in [0.4, 0.5) is 0 Å². The lowest BCUT2D eigenvalue weighted by Gasteiger charge is -2.25. The van der Waals surface area contributed by atoms with Crippen molar-refractivity contribution >= 4 is 22.1 Å². The number of nitrogens with one attached hydrogen (secondary N) is 1. The van der Waals surface area contributed by atoms with Crippen LogP contribution in [-0.4, -0.2) is 29.3 Å². The van der Waals surface area contributed by atoms with Gasteiger partial charge in [0.05, 0.1) is 30.6 Å². The Labute approximate surface area is 131 Å². The van der Waals surface area contributed by atoms with Gasteiger partial charge in [-0.05, 0) is 25.0 Å². The van der Waals surface area contributed by atoms with Crippen LogP contribution >= 0.6 is 0 Å². The molecule has 0 spiro atoms. The topological polar surface area (TPSA) is 88.1 Å². The van der Waals surface area contributed by atoms with Crippen LogP contribution in [0.1, 0.15) is 23.9 Å². The number of nitrogens with zero attached hydrogens (tertiary/aromatic N) is 6. The SMILES string of the molecule is N#Cc1cc2n(n1)C[C@H](n1cnc3cnc4[nH]ccc4c31)CC2. The first-order valence-electron chi connectivity index (χ1n) is 7.59. The predicted molar refractivity (Wildman–Crippen MR) is 83.7 cm³/mol. The lowest BCUT2D eigenvalue weighted by Crippen LogP contribution is -2.23. The molecule has 1 aliphatic heterocycles. The Hall–Kier alpha value is -3.14. The van der Waals surface area contributed by atoms with Crippen LogP contribution in [0.3, 0.4) is 0 Å². The van der Waals surface area contributed by atoms with Gasteiger partial charge < -0.3 is 9.55 Å². The number of hydrogen-bond acceptors (Lipinski definition) is 4. The van der Waals surface area contributed by atoms with Crippen molar-refractivity contribution in [3.8, 4) is 6.07 Å². The van der Waals surface area contributed by atoms with Crippen LogP contribution in [0.2, 0.25) is 0 Å². The molecular weight excluding hydrogens is 290 g/mol. The number of H-pyrrole nitrogens is 1. The molecule has 7 nitrogen and oxygen atoms in total. The summed E-state index contributed by atoms with van der Waals surface area (Å²) in [6.07, 6.45) is 7.53. The highest BCUT2D eigenvalue weighted by molar-refractivity contribution is 6.00. The average Bonchev–Trinajstić information content (AvgIpc) is 3.29. The summed E-state index contributed by atoms with van der Waals surface area (Å²) in [7, 11) is 0. The van der Waals surface area contributed by atoms with Gasteiger partial charge in [-0.1, -0.05) is 0 Å². The number of hydrogen-bond donors (Lipinski definition) is 1. The van der Waals surface area contributed by atoms with Gasteiger partial charge in [-0.2, -0.15) is 10.4 Å². The van der Waals surface area contributed by atoms with Crippen molar-refractivity contribution in [2.45, 2.75) is 25.4 Å². The van der Waals surface area contributed by atoms with Gasteiger partial charge in [-0.3, -0.25) is 4.68 Å². The highest BCUT2D eigenvalue weighted by Gasteiger charge is 2.23. The third kappa shape index (κ3) is 1.72. The van der Waals surface area contributed by atoms with Crippen LogP contribution in [-0.2, 0) is 13.0 Å². The summed E-state index contributed by atoms with van der Waals surface area (Å²) in [6, 6.07) is 6.32. The van der Waals surface area contributed by atoms with E-state index in [9.17, 15) is 0 Å². The maximum Gasteiger partial charge on any atom is 0.162 e. The molecule has 5 rings (SSSR count). The second kappa shape index (κ2) is 4.43. The zero-order valence-corrected chi connectivity index (χ0v) is 12.3. The van der Waals surface area contributed by atoms with E-state index < -0.39 is 0 Å². The van der Waals surface area contributed by atoms with Crippen molar-refractivity contribution in [2.75, 3.05) is 0 Å². The molecule has 5 heterocycles. The average molecular weight is 303 g/mol. The van der Waals surface area contributed by atoms with Gasteiger partial charge in [-0.25, -0.2) is 9.97 Å². The molecule has 4 aromatic heterocycles. The lowest BCUT2D eigenvalue weighted by molar-refractivity contribution is 0.348. The molecular formula is C16H13N7. The molecule has 0 amide bonds. The third-order valence-corrected chi connectivity index (χ3v) is 4.61. The van der Waals surface area contributed by atoms with Gasteiger partial charge in [0.15, 0.2) is 5.69 Å². The quantitative estimate of drug-likeness (QED) is 0.583. The molecule has 0 radical (unpaired) electrons. The highest BCUT2D eigenvalue weighted by atomic mass is 15.3. The van der Waals surface area contributed by atoms with E-state index in [2.05, 4.69) is 30.7 Å². The number of rotatable bonds is 1. The highest BCUT2D eigenvalue weighted by Crippen LogP contribution is 2.30. The van der Waals surface area contributed by atoms with Crippen LogP contribution in [0.5, 0.6) is 0 Å². The third-order valence-electron chi connectivity index (χ3n) is 4.61. The predicted octanol–water partition coefficient (Wildman–Crippen LogP) is 2.17. The second-order valence-corrected chi connectivity index (χ2v) is 5.89. The van der Waals surface area contributed by atoms with Gasteiger partial charge in [0.2, 0.25) is 0 Å². The Kier molecular flexibility index (Phi) is 2.39. The largest absolute Gasteiger partial charge is 0.346 e. The Morgan fingerprint density at radius 3 is 3.22 bits per heavy atom. The van der Waals surface area contributed by atoms with Gasteiger partial charge in [0.25, 0.3) is 0 Å². The molecule has 23 heavy (non-hydrogen) atoms. The summed E-state index contributed by atoms with van der Waals surface area (Å²) >= 11 is 0. The first kappa shape index (κ1) is 12.4. The van der Waals surface area contributed by atoms with Crippen molar-refractivity contribution in [2.24, 2.45) is 0 Å². The van der Waals surface area contributed by atoms with Crippen molar-refractivity contribution in [3.05, 3.63) is 42.2 Å². The van der Waals surface area contributed by atoms with E-state index in [-0.39, 0.29) is 6.04 Å². The Balaban J connectivity index is 1.64. The van der Waals surface area contributed by atoms with E-state index >= 15 is 0 Å². The number of aromatic amines is 1. The molecule has 0 bridgehead atoms. The van der Waals surface area contributed by atoms with E-state index in [1.54, 1.807) is 6.20 Å². The molecule has 0 unspecified atom stereocenters. The molecule has 1 atom stereocenters. The van der Waals surface area contributed by atoms with Crippen LogP contribution in [0.15, 0.2) is 30.9 Å². The molecule has 0 fully saturated rings. The number of fused-ring (bicyclic) bond motifs is 4. The lowest BCUT2D eigenvalue weighted by atomic mass is 10.0. The summed E-state index contributed by atoms with van der Waals surface area (Å²) in [5, 5.41) is 14.5. The van der Waals surface area contributed by atoms with E-state index in [4.69, 9.17) is 5.26 Å². The van der Waals surface area contributed by atoms with Gasteiger partial charge in [0, 0.05) is 17.3 Å². The molecule has 0 saturated carbocycles. The first-order valence-corrected chi connectivity index (χ1v) is 7.59. The van der Waals surface area contributed by atoms with Crippen molar-refractivity contribution in [1.29, 1.82) is 5.26 Å². The summed E-state index contributed by atoms with van der Waals surface area (Å²) in [4.78, 5) is 12.1. The Morgan fingerprint density at radius 2 is 2.30 bits per heavy atom.